The van der Waals surface area contributed by atoms with Crippen molar-refractivity contribution in [3.05, 3.63) is 16.9 Å². The largest absolute Gasteiger partial charge is 0.411 e. The summed E-state index contributed by atoms with van der Waals surface area (Å²) in [5.41, 5.74) is 0.0313. The van der Waals surface area contributed by atoms with Gasteiger partial charge in [-0.1, -0.05) is 11.6 Å². The van der Waals surface area contributed by atoms with E-state index in [1.165, 1.54) is 17.9 Å². The van der Waals surface area contributed by atoms with Gasteiger partial charge in [0.25, 0.3) is 0 Å². The molecule has 0 bridgehead atoms. The van der Waals surface area contributed by atoms with Crippen LogP contribution in [0.1, 0.15) is 10.5 Å². The van der Waals surface area contributed by atoms with Gasteiger partial charge in [-0.2, -0.15) is 18.3 Å². The van der Waals surface area contributed by atoms with Crippen molar-refractivity contribution < 1.29 is 22.7 Å². The van der Waals surface area contributed by atoms with Gasteiger partial charge < -0.3 is 4.74 Å². The molecule has 1 rings (SSSR count). The van der Waals surface area contributed by atoms with Gasteiger partial charge in [0.05, 0.1) is 11.2 Å². The molecule has 0 radical (unpaired) electrons. The molecular weight excluding hydrogens is 249 g/mol. The van der Waals surface area contributed by atoms with Crippen molar-refractivity contribution in [3.8, 4) is 0 Å². The first kappa shape index (κ1) is 13.0. The minimum atomic E-state index is -4.45. The Morgan fingerprint density at radius 2 is 2.25 bits per heavy atom. The monoisotopic (exact) mass is 256 g/mol. The first-order valence-corrected chi connectivity index (χ1v) is 4.54. The zero-order chi connectivity index (χ0) is 12.3. The summed E-state index contributed by atoms with van der Waals surface area (Å²) in [5.74, 6) is -0.644. The molecule has 0 aliphatic heterocycles. The molecule has 0 spiro atoms. The Morgan fingerprint density at radius 3 is 2.69 bits per heavy atom. The maximum atomic E-state index is 11.7. The summed E-state index contributed by atoms with van der Waals surface area (Å²) in [6.07, 6.45) is -3.21. The van der Waals surface area contributed by atoms with Crippen LogP contribution in [0.15, 0.2) is 6.20 Å². The number of aryl methyl sites for hydroxylation is 1. The van der Waals surface area contributed by atoms with Crippen molar-refractivity contribution in [1.82, 2.24) is 9.78 Å². The second kappa shape index (κ2) is 4.84. The molecule has 0 saturated heterocycles. The number of rotatable bonds is 4. The van der Waals surface area contributed by atoms with Crippen LogP contribution in [0, 0.1) is 0 Å². The maximum Gasteiger partial charge on any atom is 0.411 e. The van der Waals surface area contributed by atoms with Gasteiger partial charge in [-0.3, -0.25) is 9.48 Å². The molecule has 0 aliphatic carbocycles. The molecule has 0 amide bonds. The summed E-state index contributed by atoms with van der Waals surface area (Å²) in [5, 5.41) is 3.77. The highest BCUT2D eigenvalue weighted by Gasteiger charge is 2.28. The molecule has 0 saturated carbocycles. The van der Waals surface area contributed by atoms with Crippen LogP contribution >= 0.6 is 11.6 Å². The smallest absolute Gasteiger partial charge is 0.364 e. The number of nitrogens with zero attached hydrogens (tertiary/aromatic N) is 2. The average Bonchev–Trinajstić information content (AvgIpc) is 2.43. The lowest BCUT2D eigenvalue weighted by atomic mass is 10.3. The zero-order valence-corrected chi connectivity index (χ0v) is 8.97. The molecule has 16 heavy (non-hydrogen) atoms. The number of hydrogen-bond donors (Lipinski definition) is 0. The topological polar surface area (TPSA) is 44.1 Å². The number of Topliss-reactive ketones (excluding diaryl/α,β-unsaturated/α-hetero) is 1. The quantitative estimate of drug-likeness (QED) is 0.772. The van der Waals surface area contributed by atoms with Gasteiger partial charge in [0, 0.05) is 7.05 Å². The van der Waals surface area contributed by atoms with E-state index in [0.717, 1.165) is 0 Å². The molecule has 0 aromatic carbocycles. The third-order valence-electron chi connectivity index (χ3n) is 1.66. The van der Waals surface area contributed by atoms with E-state index >= 15 is 0 Å². The molecule has 8 heteroatoms. The molecule has 0 unspecified atom stereocenters. The molecule has 1 aromatic rings. The summed E-state index contributed by atoms with van der Waals surface area (Å²) in [6, 6.07) is 0. The lowest BCUT2D eigenvalue weighted by Crippen LogP contribution is -2.21. The Bertz CT molecular complexity index is 370. The van der Waals surface area contributed by atoms with Crippen LogP contribution in [0.3, 0.4) is 0 Å². The number of carbonyl (C=O) groups is 1. The van der Waals surface area contributed by atoms with Gasteiger partial charge in [-0.05, 0) is 0 Å². The number of halogens is 4. The van der Waals surface area contributed by atoms with Crippen molar-refractivity contribution in [1.29, 1.82) is 0 Å². The van der Waals surface area contributed by atoms with Crippen molar-refractivity contribution in [2.24, 2.45) is 7.05 Å². The first-order valence-electron chi connectivity index (χ1n) is 4.16. The highest BCUT2D eigenvalue weighted by atomic mass is 35.5. The van der Waals surface area contributed by atoms with E-state index in [1.807, 2.05) is 0 Å². The van der Waals surface area contributed by atoms with Crippen LogP contribution in [0.4, 0.5) is 13.2 Å². The average molecular weight is 257 g/mol. The minimum Gasteiger partial charge on any atom is -0.364 e. The third-order valence-corrected chi connectivity index (χ3v) is 1.93. The molecule has 0 fully saturated rings. The third kappa shape index (κ3) is 3.49. The second-order valence-corrected chi connectivity index (χ2v) is 3.40. The van der Waals surface area contributed by atoms with E-state index in [2.05, 4.69) is 9.84 Å². The van der Waals surface area contributed by atoms with Gasteiger partial charge in [0.15, 0.2) is 0 Å². The SMILES string of the molecule is Cn1ncc(Cl)c1C(=O)COCC(F)(F)F. The van der Waals surface area contributed by atoms with Crippen LogP contribution in [0.5, 0.6) is 0 Å². The normalized spacial score (nSPS) is 11.8. The summed E-state index contributed by atoms with van der Waals surface area (Å²) < 4.78 is 40.6. The lowest BCUT2D eigenvalue weighted by molar-refractivity contribution is -0.170. The Hall–Kier alpha value is -1.08. The molecule has 1 aromatic heterocycles. The number of alkyl halides is 3. The van der Waals surface area contributed by atoms with Crippen molar-refractivity contribution in [2.75, 3.05) is 13.2 Å². The van der Waals surface area contributed by atoms with Gasteiger partial charge in [-0.15, -0.1) is 0 Å². The Balaban J connectivity index is 2.54. The van der Waals surface area contributed by atoms with Crippen LogP contribution in [-0.4, -0.2) is 35.0 Å². The number of hydrogen-bond acceptors (Lipinski definition) is 3. The second-order valence-electron chi connectivity index (χ2n) is 3.00. The first-order chi connectivity index (χ1) is 7.31. The number of aromatic nitrogens is 2. The fraction of sp³-hybridized carbons (Fsp3) is 0.500. The number of ketones is 1. The fourth-order valence-electron chi connectivity index (χ4n) is 1.05. The van der Waals surface area contributed by atoms with Gasteiger partial charge in [0.2, 0.25) is 5.78 Å². The van der Waals surface area contributed by atoms with Gasteiger partial charge in [0.1, 0.15) is 18.9 Å². The number of carbonyl (C=O) groups excluding carboxylic acids is 1. The van der Waals surface area contributed by atoms with E-state index in [0.29, 0.717) is 0 Å². The number of ether oxygens (including phenoxy) is 1. The van der Waals surface area contributed by atoms with Crippen LogP contribution in [-0.2, 0) is 11.8 Å². The highest BCUT2D eigenvalue weighted by molar-refractivity contribution is 6.33. The van der Waals surface area contributed by atoms with E-state index in [1.54, 1.807) is 0 Å². The highest BCUT2D eigenvalue weighted by Crippen LogP contribution is 2.17. The molecular formula is C8H8ClF3N2O2. The van der Waals surface area contributed by atoms with Crippen LogP contribution < -0.4 is 0 Å². The molecule has 0 N–H and O–H groups in total. The van der Waals surface area contributed by atoms with E-state index in [9.17, 15) is 18.0 Å². The Kier molecular flexibility index (Phi) is 3.93. The van der Waals surface area contributed by atoms with E-state index in [4.69, 9.17) is 11.6 Å². The maximum absolute atomic E-state index is 11.7. The van der Waals surface area contributed by atoms with E-state index in [-0.39, 0.29) is 10.7 Å². The summed E-state index contributed by atoms with van der Waals surface area (Å²) in [6.45, 7) is -2.15. The molecule has 0 aliphatic rings. The molecule has 1 heterocycles. The summed E-state index contributed by atoms with van der Waals surface area (Å²) in [7, 11) is 1.46. The lowest BCUT2D eigenvalue weighted by Gasteiger charge is -2.07. The van der Waals surface area contributed by atoms with Crippen molar-refractivity contribution >= 4 is 17.4 Å². The minimum absolute atomic E-state index is 0.0313. The Morgan fingerprint density at radius 1 is 1.62 bits per heavy atom. The predicted molar refractivity (Wildman–Crippen MR) is 49.4 cm³/mol. The summed E-state index contributed by atoms with van der Waals surface area (Å²) >= 11 is 5.63. The fourth-order valence-corrected chi connectivity index (χ4v) is 1.32. The van der Waals surface area contributed by atoms with Crippen molar-refractivity contribution in [3.63, 3.8) is 0 Å². The molecule has 4 nitrogen and oxygen atoms in total. The predicted octanol–water partition coefficient (Wildman–Crippen LogP) is 1.84. The van der Waals surface area contributed by atoms with E-state index < -0.39 is 25.2 Å². The Labute approximate surface area is 93.9 Å². The van der Waals surface area contributed by atoms with Gasteiger partial charge >= 0.3 is 6.18 Å². The zero-order valence-electron chi connectivity index (χ0n) is 8.21. The standard InChI is InChI=1S/C8H8ClF3N2O2/c1-14-7(5(9)2-13-14)6(15)3-16-4-8(10,11)12/h2H,3-4H2,1H3. The van der Waals surface area contributed by atoms with Gasteiger partial charge in [-0.25, -0.2) is 0 Å². The van der Waals surface area contributed by atoms with Crippen LogP contribution in [0.2, 0.25) is 5.02 Å². The van der Waals surface area contributed by atoms with Crippen LogP contribution in [0.25, 0.3) is 0 Å². The molecule has 90 valence electrons. The van der Waals surface area contributed by atoms with Crippen molar-refractivity contribution in [2.45, 2.75) is 6.18 Å². The summed E-state index contributed by atoms with van der Waals surface area (Å²) in [4.78, 5) is 11.4. The molecule has 0 atom stereocenters.